The van der Waals surface area contributed by atoms with Crippen LogP contribution in [0.4, 0.5) is 17.6 Å². The van der Waals surface area contributed by atoms with Crippen LogP contribution in [0.15, 0.2) is 48.5 Å². The van der Waals surface area contributed by atoms with Gasteiger partial charge in [-0.2, -0.15) is 17.6 Å². The first kappa shape index (κ1) is 20.0. The molecule has 0 unspecified atom stereocenters. The normalized spacial score (nSPS) is 11.2. The minimum Gasteiger partial charge on any atom is -0.478 e. The number of carbonyl (C=O) groups is 2. The topological polar surface area (TPSA) is 72.8 Å². The number of halogens is 4. The average molecular weight is 384 g/mol. The van der Waals surface area contributed by atoms with Crippen LogP contribution in [-0.4, -0.2) is 30.1 Å². The van der Waals surface area contributed by atoms with Gasteiger partial charge in [-0.3, -0.25) is 4.79 Å². The number of hydrogen-bond acceptors (Lipinski definition) is 4. The lowest BCUT2D eigenvalue weighted by Gasteiger charge is -2.12. The second kappa shape index (κ2) is 8.84. The zero-order valence-electron chi connectivity index (χ0n) is 13.4. The fraction of sp³-hybridized carbons (Fsp3) is 0.111. The summed E-state index contributed by atoms with van der Waals surface area (Å²) in [5, 5.41) is 9.08. The second-order valence-electron chi connectivity index (χ2n) is 5.01. The predicted molar refractivity (Wildman–Crippen MR) is 86.5 cm³/mol. The summed E-state index contributed by atoms with van der Waals surface area (Å²) in [4.78, 5) is 23.3. The molecular weight excluding hydrogens is 372 g/mol. The van der Waals surface area contributed by atoms with Crippen LogP contribution in [0.1, 0.15) is 26.3 Å². The van der Waals surface area contributed by atoms with Gasteiger partial charge >= 0.3 is 19.2 Å². The lowest BCUT2D eigenvalue weighted by molar-refractivity contribution is -0.0692. The molecule has 0 atom stereocenters. The van der Waals surface area contributed by atoms with E-state index < -0.39 is 36.5 Å². The highest BCUT2D eigenvalue weighted by molar-refractivity contribution is 6.12. The van der Waals surface area contributed by atoms with Crippen molar-refractivity contribution in [2.45, 2.75) is 13.2 Å². The summed E-state index contributed by atoms with van der Waals surface area (Å²) >= 11 is 0. The standard InChI is InChI=1S/C18H12F4O5/c19-17(20)26-14-8-6-10(9-15(14)27-18(21)22)5-7-13(23)11-3-1-2-4-12(11)16(24)25/h1-9,17-18H,(H,24,25)/b7-5+. The number of aromatic carboxylic acids is 1. The van der Waals surface area contributed by atoms with Crippen LogP contribution in [0.3, 0.4) is 0 Å². The van der Waals surface area contributed by atoms with Crippen LogP contribution < -0.4 is 9.47 Å². The van der Waals surface area contributed by atoms with Crippen molar-refractivity contribution in [3.63, 3.8) is 0 Å². The van der Waals surface area contributed by atoms with Crippen molar-refractivity contribution in [3.05, 3.63) is 65.2 Å². The Morgan fingerprint density at radius 3 is 2.07 bits per heavy atom. The summed E-state index contributed by atoms with van der Waals surface area (Å²) in [7, 11) is 0. The van der Waals surface area contributed by atoms with E-state index in [4.69, 9.17) is 5.11 Å². The van der Waals surface area contributed by atoms with Crippen molar-refractivity contribution in [2.75, 3.05) is 0 Å². The van der Waals surface area contributed by atoms with Crippen molar-refractivity contribution < 1.29 is 41.7 Å². The molecule has 0 radical (unpaired) electrons. The molecule has 0 heterocycles. The number of carboxylic acids is 1. The van der Waals surface area contributed by atoms with Crippen LogP contribution in [0, 0.1) is 0 Å². The average Bonchev–Trinajstić information content (AvgIpc) is 2.60. The fourth-order valence-corrected chi connectivity index (χ4v) is 2.16. The third-order valence-electron chi connectivity index (χ3n) is 3.25. The number of benzene rings is 2. The molecule has 0 saturated carbocycles. The number of ketones is 1. The lowest BCUT2D eigenvalue weighted by Crippen LogP contribution is -2.08. The Morgan fingerprint density at radius 1 is 0.889 bits per heavy atom. The van der Waals surface area contributed by atoms with Gasteiger partial charge in [0.15, 0.2) is 17.3 Å². The number of carboxylic acid groups (broad SMARTS) is 1. The Morgan fingerprint density at radius 2 is 1.48 bits per heavy atom. The molecule has 142 valence electrons. The van der Waals surface area contributed by atoms with Crippen LogP contribution in [0.2, 0.25) is 0 Å². The summed E-state index contributed by atoms with van der Waals surface area (Å²) in [6.45, 7) is -6.51. The Bertz CT molecular complexity index is 865. The second-order valence-corrected chi connectivity index (χ2v) is 5.01. The molecule has 0 spiro atoms. The molecule has 0 aliphatic carbocycles. The zero-order chi connectivity index (χ0) is 20.0. The molecule has 2 aromatic carbocycles. The van der Waals surface area contributed by atoms with E-state index in [2.05, 4.69) is 9.47 Å². The van der Waals surface area contributed by atoms with Crippen LogP contribution in [0.5, 0.6) is 11.5 Å². The minimum atomic E-state index is -3.27. The van der Waals surface area contributed by atoms with Crippen LogP contribution >= 0.6 is 0 Å². The Labute approximate surface area is 150 Å². The summed E-state index contributed by atoms with van der Waals surface area (Å²) in [6.07, 6.45) is 2.22. The van der Waals surface area contributed by atoms with Crippen molar-refractivity contribution in [3.8, 4) is 11.5 Å². The van der Waals surface area contributed by atoms with E-state index in [0.717, 1.165) is 18.2 Å². The maximum absolute atomic E-state index is 12.4. The van der Waals surface area contributed by atoms with Gasteiger partial charge in [-0.15, -0.1) is 0 Å². The Hall–Kier alpha value is -3.36. The van der Waals surface area contributed by atoms with Gasteiger partial charge in [-0.25, -0.2) is 4.79 Å². The SMILES string of the molecule is O=C(O)c1ccccc1C(=O)/C=C/c1ccc(OC(F)F)c(OC(F)F)c1. The van der Waals surface area contributed by atoms with Crippen LogP contribution in [-0.2, 0) is 0 Å². The highest BCUT2D eigenvalue weighted by Gasteiger charge is 2.16. The number of alkyl halides is 4. The third kappa shape index (κ3) is 5.56. The minimum absolute atomic E-state index is 0.0667. The number of carbonyl (C=O) groups excluding carboxylic acids is 1. The molecule has 1 N–H and O–H groups in total. The van der Waals surface area contributed by atoms with Gasteiger partial charge in [0.25, 0.3) is 0 Å². The number of allylic oxidation sites excluding steroid dienone is 1. The molecular formula is C18H12F4O5. The van der Waals surface area contributed by atoms with Gasteiger partial charge in [0.1, 0.15) is 0 Å². The number of ether oxygens (including phenoxy) is 2. The summed E-state index contributed by atoms with van der Waals surface area (Å²) in [6, 6.07) is 8.73. The summed E-state index contributed by atoms with van der Waals surface area (Å²) < 4.78 is 57.7. The highest BCUT2D eigenvalue weighted by Crippen LogP contribution is 2.31. The molecule has 0 aliphatic heterocycles. The smallest absolute Gasteiger partial charge is 0.387 e. The quantitative estimate of drug-likeness (QED) is 0.413. The molecule has 0 fully saturated rings. The molecule has 0 saturated heterocycles. The summed E-state index contributed by atoms with van der Waals surface area (Å²) in [5.74, 6) is -3.15. The van der Waals surface area contributed by atoms with Crippen molar-refractivity contribution in [1.29, 1.82) is 0 Å². The molecule has 5 nitrogen and oxygen atoms in total. The molecule has 0 aliphatic rings. The van der Waals surface area contributed by atoms with Gasteiger partial charge in [0, 0.05) is 5.56 Å². The van der Waals surface area contributed by atoms with Crippen molar-refractivity contribution in [2.24, 2.45) is 0 Å². The zero-order valence-corrected chi connectivity index (χ0v) is 13.4. The lowest BCUT2D eigenvalue weighted by atomic mass is 10.0. The van der Waals surface area contributed by atoms with Crippen LogP contribution in [0.25, 0.3) is 6.08 Å². The molecule has 2 rings (SSSR count). The molecule has 0 amide bonds. The molecule has 9 heteroatoms. The van der Waals surface area contributed by atoms with E-state index in [-0.39, 0.29) is 16.7 Å². The van der Waals surface area contributed by atoms with Crippen molar-refractivity contribution >= 4 is 17.8 Å². The molecule has 27 heavy (non-hydrogen) atoms. The monoisotopic (exact) mass is 384 g/mol. The van der Waals surface area contributed by atoms with E-state index in [1.807, 2.05) is 0 Å². The molecule has 0 bridgehead atoms. The predicted octanol–water partition coefficient (Wildman–Crippen LogP) is 4.48. The third-order valence-corrected chi connectivity index (χ3v) is 3.25. The maximum Gasteiger partial charge on any atom is 0.387 e. The van der Waals surface area contributed by atoms with Gasteiger partial charge in [-0.1, -0.05) is 30.3 Å². The van der Waals surface area contributed by atoms with Gasteiger partial charge in [-0.05, 0) is 29.8 Å². The number of hydrogen-bond donors (Lipinski definition) is 1. The van der Waals surface area contributed by atoms with Gasteiger partial charge in [0.05, 0.1) is 5.56 Å². The van der Waals surface area contributed by atoms with Gasteiger partial charge in [0.2, 0.25) is 0 Å². The van der Waals surface area contributed by atoms with E-state index in [9.17, 15) is 27.2 Å². The first-order valence-electron chi connectivity index (χ1n) is 7.36. The summed E-state index contributed by atoms with van der Waals surface area (Å²) in [5.41, 5.74) is -0.0917. The maximum atomic E-state index is 12.4. The fourth-order valence-electron chi connectivity index (χ4n) is 2.16. The van der Waals surface area contributed by atoms with Gasteiger partial charge < -0.3 is 14.6 Å². The van der Waals surface area contributed by atoms with Crippen molar-refractivity contribution in [1.82, 2.24) is 0 Å². The Kier molecular flexibility index (Phi) is 6.53. The number of rotatable bonds is 8. The largest absolute Gasteiger partial charge is 0.478 e. The Balaban J connectivity index is 2.28. The van der Waals surface area contributed by atoms with E-state index in [0.29, 0.717) is 0 Å². The van der Waals surface area contributed by atoms with E-state index in [1.54, 1.807) is 0 Å². The highest BCUT2D eigenvalue weighted by atomic mass is 19.3. The molecule has 2 aromatic rings. The first-order chi connectivity index (χ1) is 12.8. The molecule has 0 aromatic heterocycles. The van der Waals surface area contributed by atoms with E-state index >= 15 is 0 Å². The first-order valence-corrected chi connectivity index (χ1v) is 7.36. The van der Waals surface area contributed by atoms with E-state index in [1.165, 1.54) is 36.4 Å².